The summed E-state index contributed by atoms with van der Waals surface area (Å²) in [7, 11) is 0. The molecule has 0 N–H and O–H groups in total. The Morgan fingerprint density at radius 2 is 1.25 bits per heavy atom. The van der Waals surface area contributed by atoms with Gasteiger partial charge in [0, 0.05) is 17.3 Å². The van der Waals surface area contributed by atoms with Crippen molar-refractivity contribution in [3.8, 4) is 33.9 Å². The number of rotatable bonds is 5. The number of carbonyl (C=O) groups is 1. The Morgan fingerprint density at radius 3 is 1.94 bits per heavy atom. The van der Waals surface area contributed by atoms with Crippen LogP contribution in [0.25, 0.3) is 33.9 Å². The summed E-state index contributed by atoms with van der Waals surface area (Å²) in [6, 6.07) is 32.5. The smallest absolute Gasteiger partial charge is 0.215 e. The molecule has 5 aromatic rings. The lowest BCUT2D eigenvalue weighted by atomic mass is 10.0. The van der Waals surface area contributed by atoms with Crippen LogP contribution in [0.4, 0.5) is 0 Å². The number of pyridine rings is 1. The molecule has 5 heteroatoms. The van der Waals surface area contributed by atoms with Crippen molar-refractivity contribution in [1.82, 2.24) is 20.2 Å². The number of ketones is 1. The molecule has 0 saturated heterocycles. The molecule has 0 aliphatic carbocycles. The molecule has 2 aromatic heterocycles. The molecule has 0 spiro atoms. The molecule has 0 fully saturated rings. The summed E-state index contributed by atoms with van der Waals surface area (Å²) < 4.78 is 0. The van der Waals surface area contributed by atoms with Crippen LogP contribution in [-0.4, -0.2) is 25.9 Å². The summed E-state index contributed by atoms with van der Waals surface area (Å²) in [5.41, 5.74) is 4.70. The van der Waals surface area contributed by atoms with Crippen molar-refractivity contribution in [1.29, 1.82) is 0 Å². The first-order valence-corrected chi connectivity index (χ1v) is 10.2. The van der Waals surface area contributed by atoms with Gasteiger partial charge in [0.25, 0.3) is 0 Å². The van der Waals surface area contributed by atoms with E-state index in [-0.39, 0.29) is 11.5 Å². The fraction of sp³-hybridized carbons (Fsp3) is 0. The first-order valence-electron chi connectivity index (χ1n) is 10.2. The van der Waals surface area contributed by atoms with Crippen molar-refractivity contribution in [2.45, 2.75) is 0 Å². The summed E-state index contributed by atoms with van der Waals surface area (Å²) in [6.45, 7) is 0. The van der Waals surface area contributed by atoms with Crippen LogP contribution in [0.2, 0.25) is 0 Å². The highest BCUT2D eigenvalue weighted by Crippen LogP contribution is 2.26. The third-order valence-corrected chi connectivity index (χ3v) is 5.08. The van der Waals surface area contributed by atoms with Gasteiger partial charge in [-0.2, -0.15) is 0 Å². The van der Waals surface area contributed by atoms with Gasteiger partial charge in [-0.05, 0) is 23.3 Å². The maximum absolute atomic E-state index is 13.2. The molecule has 0 aliphatic rings. The van der Waals surface area contributed by atoms with Gasteiger partial charge in [0.2, 0.25) is 11.6 Å². The molecule has 0 radical (unpaired) electrons. The zero-order valence-corrected chi connectivity index (χ0v) is 17.1. The fourth-order valence-corrected chi connectivity index (χ4v) is 3.47. The van der Waals surface area contributed by atoms with E-state index >= 15 is 0 Å². The lowest BCUT2D eigenvalue weighted by Crippen LogP contribution is -2.11. The zero-order valence-electron chi connectivity index (χ0n) is 17.1. The average Bonchev–Trinajstić information content (AvgIpc) is 2.89. The zero-order chi connectivity index (χ0) is 21.8. The third-order valence-electron chi connectivity index (χ3n) is 5.08. The van der Waals surface area contributed by atoms with E-state index in [0.29, 0.717) is 22.8 Å². The minimum atomic E-state index is -0.220. The number of nitrogens with zero attached hydrogens (tertiary/aromatic N) is 4. The third kappa shape index (κ3) is 3.91. The van der Waals surface area contributed by atoms with E-state index in [1.54, 1.807) is 18.3 Å². The van der Waals surface area contributed by atoms with Crippen LogP contribution < -0.4 is 0 Å². The summed E-state index contributed by atoms with van der Waals surface area (Å²) >= 11 is 0. The molecule has 32 heavy (non-hydrogen) atoms. The molecule has 2 heterocycles. The van der Waals surface area contributed by atoms with Gasteiger partial charge >= 0.3 is 0 Å². The molecule has 0 bridgehead atoms. The molecule has 0 atom stereocenters. The topological polar surface area (TPSA) is 68.6 Å². The number of hydrogen-bond acceptors (Lipinski definition) is 5. The highest BCUT2D eigenvalue weighted by atomic mass is 16.1. The first-order chi connectivity index (χ1) is 15.8. The normalized spacial score (nSPS) is 10.6. The summed E-state index contributed by atoms with van der Waals surface area (Å²) in [5, 5.41) is 8.58. The molecular formula is C27H18N4O. The quantitative estimate of drug-likeness (QED) is 0.355. The van der Waals surface area contributed by atoms with E-state index in [0.717, 1.165) is 16.7 Å². The van der Waals surface area contributed by atoms with Crippen molar-refractivity contribution >= 4 is 5.78 Å². The van der Waals surface area contributed by atoms with E-state index in [2.05, 4.69) is 15.2 Å². The Morgan fingerprint density at radius 1 is 0.625 bits per heavy atom. The maximum atomic E-state index is 13.2. The molecule has 0 saturated carbocycles. The van der Waals surface area contributed by atoms with Crippen molar-refractivity contribution in [3.05, 3.63) is 121 Å². The molecule has 152 valence electrons. The Kier molecular flexibility index (Phi) is 5.29. The molecular weight excluding hydrogens is 396 g/mol. The lowest BCUT2D eigenvalue weighted by molar-refractivity contribution is 0.103. The number of hydrogen-bond donors (Lipinski definition) is 0. The standard InChI is InChI=1S/C27H18N4O/c32-26(21-14-8-3-9-15-21)25-24(20-12-6-2-7-13-20)29-27(31-30-25)23-18-22(16-17-28-23)19-10-4-1-5-11-19/h1-18H. The van der Waals surface area contributed by atoms with Gasteiger partial charge in [-0.1, -0.05) is 91.0 Å². The summed E-state index contributed by atoms with van der Waals surface area (Å²) in [4.78, 5) is 22.4. The second kappa shape index (κ2) is 8.70. The highest BCUT2D eigenvalue weighted by Gasteiger charge is 2.20. The molecule has 0 aliphatic heterocycles. The van der Waals surface area contributed by atoms with Gasteiger partial charge in [0.15, 0.2) is 5.69 Å². The monoisotopic (exact) mass is 414 g/mol. The predicted octanol–water partition coefficient (Wildman–Crippen LogP) is 5.50. The molecule has 5 rings (SSSR count). The van der Waals surface area contributed by atoms with E-state index in [1.165, 1.54) is 0 Å². The van der Waals surface area contributed by atoms with Crippen LogP contribution >= 0.6 is 0 Å². The summed E-state index contributed by atoms with van der Waals surface area (Å²) in [5.74, 6) is 0.147. The minimum Gasteiger partial charge on any atom is -0.287 e. The SMILES string of the molecule is O=C(c1ccccc1)c1nnc(-c2cc(-c3ccccc3)ccn2)nc1-c1ccccc1. The highest BCUT2D eigenvalue weighted by molar-refractivity contribution is 6.10. The number of benzene rings is 3. The minimum absolute atomic E-state index is 0.213. The molecule has 0 unspecified atom stereocenters. The molecule has 3 aromatic carbocycles. The molecule has 5 nitrogen and oxygen atoms in total. The van der Waals surface area contributed by atoms with Crippen LogP contribution in [0.15, 0.2) is 109 Å². The van der Waals surface area contributed by atoms with Crippen LogP contribution in [0, 0.1) is 0 Å². The number of aromatic nitrogens is 4. The Hall–Kier alpha value is -4.51. The van der Waals surface area contributed by atoms with Gasteiger partial charge in [-0.15, -0.1) is 10.2 Å². The fourth-order valence-electron chi connectivity index (χ4n) is 3.47. The Labute approximate surface area is 185 Å². The molecule has 0 amide bonds. The number of carbonyl (C=O) groups excluding carboxylic acids is 1. The van der Waals surface area contributed by atoms with Crippen molar-refractivity contribution in [2.75, 3.05) is 0 Å². The maximum Gasteiger partial charge on any atom is 0.215 e. The Balaban J connectivity index is 1.62. The van der Waals surface area contributed by atoms with E-state index in [9.17, 15) is 4.79 Å². The average molecular weight is 414 g/mol. The van der Waals surface area contributed by atoms with Crippen molar-refractivity contribution in [2.24, 2.45) is 0 Å². The van der Waals surface area contributed by atoms with E-state index < -0.39 is 0 Å². The Bertz CT molecular complexity index is 1370. The van der Waals surface area contributed by atoms with Crippen LogP contribution in [0.3, 0.4) is 0 Å². The second-order valence-electron chi connectivity index (χ2n) is 7.19. The van der Waals surface area contributed by atoms with Crippen LogP contribution in [0.1, 0.15) is 16.1 Å². The second-order valence-corrected chi connectivity index (χ2v) is 7.19. The largest absolute Gasteiger partial charge is 0.287 e. The van der Waals surface area contributed by atoms with E-state index in [4.69, 9.17) is 4.98 Å². The first kappa shape index (κ1) is 19.5. The van der Waals surface area contributed by atoms with E-state index in [1.807, 2.05) is 91.0 Å². The van der Waals surface area contributed by atoms with Gasteiger partial charge in [-0.25, -0.2) is 4.98 Å². The van der Waals surface area contributed by atoms with Gasteiger partial charge in [0.1, 0.15) is 11.4 Å². The van der Waals surface area contributed by atoms with Gasteiger partial charge in [0.05, 0.1) is 0 Å². The van der Waals surface area contributed by atoms with Crippen molar-refractivity contribution in [3.63, 3.8) is 0 Å². The van der Waals surface area contributed by atoms with Crippen LogP contribution in [-0.2, 0) is 0 Å². The predicted molar refractivity (Wildman–Crippen MR) is 124 cm³/mol. The summed E-state index contributed by atoms with van der Waals surface area (Å²) in [6.07, 6.45) is 1.73. The lowest BCUT2D eigenvalue weighted by Gasteiger charge is -2.09. The van der Waals surface area contributed by atoms with Crippen molar-refractivity contribution < 1.29 is 4.79 Å². The van der Waals surface area contributed by atoms with Crippen LogP contribution in [0.5, 0.6) is 0 Å². The van der Waals surface area contributed by atoms with Gasteiger partial charge in [-0.3, -0.25) is 9.78 Å². The van der Waals surface area contributed by atoms with Gasteiger partial charge < -0.3 is 0 Å².